The molecule has 3 N–H and O–H groups in total. The van der Waals surface area contributed by atoms with E-state index in [1.165, 1.54) is 0 Å². The monoisotopic (exact) mass is 412 g/mol. The van der Waals surface area contributed by atoms with Gasteiger partial charge in [0.2, 0.25) is 0 Å². The molecule has 1 unspecified atom stereocenters. The Morgan fingerprint density at radius 3 is 2.07 bits per heavy atom. The van der Waals surface area contributed by atoms with Crippen LogP contribution in [0.1, 0.15) is 32.1 Å². The van der Waals surface area contributed by atoms with Gasteiger partial charge in [0.05, 0.1) is 12.8 Å². The van der Waals surface area contributed by atoms with Crippen LogP contribution < -0.4 is 0 Å². The largest absolute Gasteiger partial charge is 0.481 e. The fraction of sp³-hybridized carbons (Fsp3) is 0.667. The van der Waals surface area contributed by atoms with Crippen LogP contribution in [0.25, 0.3) is 0 Å². The Kier molecular flexibility index (Phi) is 9.79. The molecule has 0 radical (unpaired) electrons. The fourth-order valence-corrected chi connectivity index (χ4v) is 1.82. The first-order valence-corrected chi connectivity index (χ1v) is 7.35. The number of carbonyl (C=O) groups excluding carboxylic acids is 2. The summed E-state index contributed by atoms with van der Waals surface area (Å²) >= 11 is 0. The SMILES string of the molecule is O=C(O)CC(O)(CC(=O)OC(=O)CCC[C@@H](CO[N+](=O)[O-])O[N+](=O)[O-])C(=O)O. The normalized spacial score (nSPS) is 13.5. The van der Waals surface area contributed by atoms with Crippen LogP contribution in [-0.4, -0.2) is 67.7 Å². The van der Waals surface area contributed by atoms with E-state index >= 15 is 0 Å². The van der Waals surface area contributed by atoms with Gasteiger partial charge in [-0.3, -0.25) is 14.4 Å². The third-order valence-corrected chi connectivity index (χ3v) is 3.01. The number of aliphatic hydroxyl groups is 1. The lowest BCUT2D eigenvalue weighted by molar-refractivity contribution is -0.790. The van der Waals surface area contributed by atoms with Crippen molar-refractivity contribution < 1.29 is 59.1 Å². The minimum Gasteiger partial charge on any atom is -0.481 e. The molecule has 0 rings (SSSR count). The van der Waals surface area contributed by atoms with Gasteiger partial charge in [-0.1, -0.05) is 0 Å². The molecule has 0 spiro atoms. The lowest BCUT2D eigenvalue weighted by atomic mass is 9.96. The summed E-state index contributed by atoms with van der Waals surface area (Å²) in [6, 6.07) is 0. The lowest BCUT2D eigenvalue weighted by Crippen LogP contribution is -2.43. The van der Waals surface area contributed by atoms with Crippen LogP contribution in [0.3, 0.4) is 0 Å². The summed E-state index contributed by atoms with van der Waals surface area (Å²) in [5.74, 6) is -6.43. The van der Waals surface area contributed by atoms with Gasteiger partial charge in [-0.2, -0.15) is 0 Å². The molecule has 0 aliphatic carbocycles. The first-order chi connectivity index (χ1) is 12.9. The van der Waals surface area contributed by atoms with Crippen molar-refractivity contribution >= 4 is 23.9 Å². The van der Waals surface area contributed by atoms with Gasteiger partial charge in [0.15, 0.2) is 5.60 Å². The Morgan fingerprint density at radius 1 is 1.00 bits per heavy atom. The Labute approximate surface area is 154 Å². The first kappa shape index (κ1) is 24.4. The molecule has 16 heteroatoms. The van der Waals surface area contributed by atoms with Crippen LogP contribution in [0.4, 0.5) is 0 Å². The van der Waals surface area contributed by atoms with Crippen molar-refractivity contribution in [2.75, 3.05) is 6.61 Å². The number of aliphatic carboxylic acids is 2. The second-order valence-corrected chi connectivity index (χ2v) is 5.29. The number of carboxylic acid groups (broad SMARTS) is 2. The van der Waals surface area contributed by atoms with E-state index in [1.54, 1.807) is 0 Å². The molecule has 158 valence electrons. The third-order valence-electron chi connectivity index (χ3n) is 3.01. The number of carbonyl (C=O) groups is 4. The van der Waals surface area contributed by atoms with Gasteiger partial charge >= 0.3 is 23.9 Å². The maximum Gasteiger partial charge on any atom is 0.336 e. The smallest absolute Gasteiger partial charge is 0.336 e. The number of nitrogens with zero attached hydrogens (tertiary/aromatic N) is 2. The van der Waals surface area contributed by atoms with Crippen molar-refractivity contribution in [2.24, 2.45) is 0 Å². The maximum absolute atomic E-state index is 11.5. The fourth-order valence-electron chi connectivity index (χ4n) is 1.82. The topological polar surface area (TPSA) is 243 Å². The minimum absolute atomic E-state index is 0.190. The Balaban J connectivity index is 4.52. The zero-order chi connectivity index (χ0) is 21.9. The van der Waals surface area contributed by atoms with E-state index in [4.69, 9.17) is 10.2 Å². The van der Waals surface area contributed by atoms with Crippen molar-refractivity contribution in [3.8, 4) is 0 Å². The van der Waals surface area contributed by atoms with E-state index in [0.717, 1.165) is 0 Å². The van der Waals surface area contributed by atoms with Crippen molar-refractivity contribution in [2.45, 2.75) is 43.8 Å². The number of rotatable bonds is 14. The molecule has 0 aliphatic heterocycles. The van der Waals surface area contributed by atoms with Gasteiger partial charge in [-0.05, 0) is 12.8 Å². The highest BCUT2D eigenvalue weighted by molar-refractivity contribution is 5.92. The predicted octanol–water partition coefficient (Wildman–Crippen LogP) is -1.31. The molecule has 0 amide bonds. The van der Waals surface area contributed by atoms with Crippen LogP contribution in [0, 0.1) is 20.2 Å². The number of hydrogen-bond donors (Lipinski definition) is 3. The first-order valence-electron chi connectivity index (χ1n) is 7.35. The Morgan fingerprint density at radius 2 is 1.61 bits per heavy atom. The minimum atomic E-state index is -2.98. The van der Waals surface area contributed by atoms with Crippen molar-refractivity contribution in [1.29, 1.82) is 0 Å². The highest BCUT2D eigenvalue weighted by Gasteiger charge is 2.41. The summed E-state index contributed by atoms with van der Waals surface area (Å²) in [6.45, 7) is -0.789. The Bertz CT molecular complexity index is 634. The summed E-state index contributed by atoms with van der Waals surface area (Å²) in [5.41, 5.74) is -2.98. The van der Waals surface area contributed by atoms with Crippen LogP contribution in [-0.2, 0) is 33.6 Å². The quantitative estimate of drug-likeness (QED) is 0.130. The molecule has 0 heterocycles. The van der Waals surface area contributed by atoms with Crippen LogP contribution in [0.5, 0.6) is 0 Å². The standard InChI is InChI=1S/C12H16N2O14/c15-8(16)4-12(21,11(19)20)5-10(18)27-9(17)3-1-2-7(28-14(24)25)6-26-13(22)23/h7,21H,1-6H2,(H,15,16)(H,19,20)/t7-,12?/m0/s1. The number of esters is 2. The van der Waals surface area contributed by atoms with Crippen molar-refractivity contribution in [1.82, 2.24) is 0 Å². The molecule has 0 saturated heterocycles. The molecular weight excluding hydrogens is 396 g/mol. The Hall–Kier alpha value is -3.56. The van der Waals surface area contributed by atoms with Crippen LogP contribution in [0.2, 0.25) is 0 Å². The second kappa shape index (κ2) is 11.2. The second-order valence-electron chi connectivity index (χ2n) is 5.29. The number of hydrogen-bond acceptors (Lipinski definition) is 12. The van der Waals surface area contributed by atoms with E-state index in [2.05, 4.69) is 14.4 Å². The zero-order valence-electron chi connectivity index (χ0n) is 14.0. The van der Waals surface area contributed by atoms with E-state index in [-0.39, 0.29) is 12.8 Å². The number of ether oxygens (including phenoxy) is 1. The lowest BCUT2D eigenvalue weighted by Gasteiger charge is -2.19. The molecule has 0 aromatic heterocycles. The van der Waals surface area contributed by atoms with E-state index in [9.17, 15) is 44.5 Å². The third kappa shape index (κ3) is 10.4. The van der Waals surface area contributed by atoms with Gasteiger partial charge in [0.1, 0.15) is 12.7 Å². The number of carboxylic acids is 2. The summed E-state index contributed by atoms with van der Waals surface area (Å²) in [6.07, 6.45) is -4.99. The molecule has 0 aromatic carbocycles. The van der Waals surface area contributed by atoms with Gasteiger partial charge < -0.3 is 29.7 Å². The van der Waals surface area contributed by atoms with Crippen molar-refractivity contribution in [3.63, 3.8) is 0 Å². The van der Waals surface area contributed by atoms with E-state index in [0.29, 0.717) is 0 Å². The molecule has 0 saturated carbocycles. The summed E-state index contributed by atoms with van der Waals surface area (Å²) in [7, 11) is 0. The van der Waals surface area contributed by atoms with E-state index in [1.807, 2.05) is 0 Å². The molecule has 0 aliphatic rings. The maximum atomic E-state index is 11.5. The van der Waals surface area contributed by atoms with Gasteiger partial charge in [0, 0.05) is 6.42 Å². The van der Waals surface area contributed by atoms with Crippen molar-refractivity contribution in [3.05, 3.63) is 20.2 Å². The van der Waals surface area contributed by atoms with Gasteiger partial charge in [-0.15, -0.1) is 20.2 Å². The highest BCUT2D eigenvalue weighted by Crippen LogP contribution is 2.17. The molecule has 28 heavy (non-hydrogen) atoms. The summed E-state index contributed by atoms with van der Waals surface area (Å²) < 4.78 is 4.23. The van der Waals surface area contributed by atoms with Crippen LogP contribution in [0.15, 0.2) is 0 Å². The van der Waals surface area contributed by atoms with Gasteiger partial charge in [0.25, 0.3) is 10.2 Å². The molecule has 16 nitrogen and oxygen atoms in total. The highest BCUT2D eigenvalue weighted by atomic mass is 17.0. The summed E-state index contributed by atoms with van der Waals surface area (Å²) in [5, 5.41) is 44.9. The zero-order valence-corrected chi connectivity index (χ0v) is 14.0. The molecular formula is C12H16N2O14. The molecule has 0 fully saturated rings. The van der Waals surface area contributed by atoms with Crippen LogP contribution >= 0.6 is 0 Å². The average molecular weight is 412 g/mol. The average Bonchev–Trinajstić information content (AvgIpc) is 2.50. The predicted molar refractivity (Wildman–Crippen MR) is 79.2 cm³/mol. The van der Waals surface area contributed by atoms with Gasteiger partial charge in [-0.25, -0.2) is 4.79 Å². The van der Waals surface area contributed by atoms with E-state index < -0.39 is 71.6 Å². The molecule has 0 bridgehead atoms. The molecule has 2 atom stereocenters. The summed E-state index contributed by atoms with van der Waals surface area (Å²) in [4.78, 5) is 72.8. The molecule has 0 aromatic rings.